The third-order valence-corrected chi connectivity index (χ3v) is 10.3. The van der Waals surface area contributed by atoms with Gasteiger partial charge in [0.2, 0.25) is 0 Å². The summed E-state index contributed by atoms with van der Waals surface area (Å²) in [5.74, 6) is -0.943. The second-order valence-electron chi connectivity index (χ2n) is 15.4. The smallest absolute Gasteiger partial charge is 0.462 e. The zero-order chi connectivity index (χ0) is 41.1. The van der Waals surface area contributed by atoms with Crippen molar-refractivity contribution < 1.29 is 37.9 Å². The lowest BCUT2D eigenvalue weighted by atomic mass is 10.0. The largest absolute Gasteiger partial charge is 0.469 e. The fraction of sp³-hybridized carbons (Fsp3) is 0.787. The Hall–Kier alpha value is -1.99. The molecule has 326 valence electrons. The number of ether oxygens (including phenoxy) is 2. The SMILES string of the molecule is CCCCCCCC/C=C\C/C=C\C/C=C\CCCC(=O)OC[C@H](COP(=O)(O)O)OC(=O)CCCCCCCCCCCCC/C=C\CCCCCCCC. The predicted octanol–water partition coefficient (Wildman–Crippen LogP) is 14.3. The lowest BCUT2D eigenvalue weighted by molar-refractivity contribution is -0.161. The molecule has 0 aliphatic heterocycles. The molecule has 1 atom stereocenters. The van der Waals surface area contributed by atoms with Crippen molar-refractivity contribution >= 4 is 19.8 Å². The highest BCUT2D eigenvalue weighted by molar-refractivity contribution is 7.46. The van der Waals surface area contributed by atoms with E-state index >= 15 is 0 Å². The first-order valence-electron chi connectivity index (χ1n) is 22.9. The van der Waals surface area contributed by atoms with Crippen molar-refractivity contribution in [1.29, 1.82) is 0 Å². The fourth-order valence-corrected chi connectivity index (χ4v) is 6.74. The van der Waals surface area contributed by atoms with Crippen LogP contribution in [-0.4, -0.2) is 41.0 Å². The quantitative estimate of drug-likeness (QED) is 0.0271. The van der Waals surface area contributed by atoms with Gasteiger partial charge < -0.3 is 19.3 Å². The maximum Gasteiger partial charge on any atom is 0.469 e. The average Bonchev–Trinajstić information content (AvgIpc) is 3.17. The van der Waals surface area contributed by atoms with Crippen molar-refractivity contribution in [3.63, 3.8) is 0 Å². The van der Waals surface area contributed by atoms with Crippen LogP contribution in [0.25, 0.3) is 0 Å². The maximum absolute atomic E-state index is 12.4. The number of carbonyl (C=O) groups excluding carboxylic acids is 2. The van der Waals surface area contributed by atoms with E-state index in [1.807, 2.05) is 6.08 Å². The molecule has 0 aliphatic carbocycles. The monoisotopic (exact) mass is 809 g/mol. The van der Waals surface area contributed by atoms with Gasteiger partial charge in [0.25, 0.3) is 0 Å². The summed E-state index contributed by atoms with van der Waals surface area (Å²) in [5.41, 5.74) is 0. The molecule has 0 saturated heterocycles. The predicted molar refractivity (Wildman–Crippen MR) is 234 cm³/mol. The zero-order valence-corrected chi connectivity index (χ0v) is 36.9. The molecule has 0 rings (SSSR count). The number of esters is 2. The van der Waals surface area contributed by atoms with Crippen LogP contribution in [0.15, 0.2) is 48.6 Å². The number of hydrogen-bond acceptors (Lipinski definition) is 6. The molecule has 0 spiro atoms. The summed E-state index contributed by atoms with van der Waals surface area (Å²) in [7, 11) is -4.77. The van der Waals surface area contributed by atoms with E-state index in [4.69, 9.17) is 19.3 Å². The van der Waals surface area contributed by atoms with Crippen molar-refractivity contribution in [3.05, 3.63) is 48.6 Å². The molecule has 0 saturated carbocycles. The van der Waals surface area contributed by atoms with E-state index in [0.29, 0.717) is 12.8 Å². The van der Waals surface area contributed by atoms with Crippen LogP contribution in [0.2, 0.25) is 0 Å². The van der Waals surface area contributed by atoms with E-state index in [-0.39, 0.29) is 19.4 Å². The second kappa shape index (κ2) is 42.6. The van der Waals surface area contributed by atoms with Crippen molar-refractivity contribution in [3.8, 4) is 0 Å². The van der Waals surface area contributed by atoms with E-state index in [2.05, 4.69) is 60.9 Å². The van der Waals surface area contributed by atoms with Gasteiger partial charge in [-0.15, -0.1) is 0 Å². The van der Waals surface area contributed by atoms with Gasteiger partial charge in [-0.1, -0.05) is 184 Å². The first-order valence-corrected chi connectivity index (χ1v) is 24.5. The van der Waals surface area contributed by atoms with Crippen LogP contribution in [0.5, 0.6) is 0 Å². The molecule has 0 aromatic heterocycles. The summed E-state index contributed by atoms with van der Waals surface area (Å²) in [6, 6.07) is 0. The minimum absolute atomic E-state index is 0.195. The van der Waals surface area contributed by atoms with Crippen molar-refractivity contribution in [2.75, 3.05) is 13.2 Å². The van der Waals surface area contributed by atoms with Gasteiger partial charge in [-0.3, -0.25) is 14.1 Å². The number of hydrogen-bond donors (Lipinski definition) is 2. The van der Waals surface area contributed by atoms with Crippen LogP contribution < -0.4 is 0 Å². The van der Waals surface area contributed by atoms with Gasteiger partial charge in [-0.05, 0) is 70.6 Å². The molecule has 0 fully saturated rings. The Kier molecular flexibility index (Phi) is 41.1. The van der Waals surface area contributed by atoms with Crippen LogP contribution in [-0.2, 0) is 28.2 Å². The summed E-state index contributed by atoms with van der Waals surface area (Å²) in [4.78, 5) is 42.9. The van der Waals surface area contributed by atoms with Gasteiger partial charge in [-0.2, -0.15) is 0 Å². The molecule has 0 radical (unpaired) electrons. The lowest BCUT2D eigenvalue weighted by Gasteiger charge is -2.18. The van der Waals surface area contributed by atoms with Crippen LogP contribution in [0, 0.1) is 0 Å². The molecule has 8 nitrogen and oxygen atoms in total. The Morgan fingerprint density at radius 1 is 0.464 bits per heavy atom. The van der Waals surface area contributed by atoms with Crippen LogP contribution in [0.3, 0.4) is 0 Å². The third kappa shape index (κ3) is 44.7. The van der Waals surface area contributed by atoms with Gasteiger partial charge >= 0.3 is 19.8 Å². The van der Waals surface area contributed by atoms with Gasteiger partial charge in [0.05, 0.1) is 6.61 Å². The third-order valence-electron chi connectivity index (χ3n) is 9.82. The molecule has 56 heavy (non-hydrogen) atoms. The van der Waals surface area contributed by atoms with Gasteiger partial charge in [0.1, 0.15) is 6.61 Å². The summed E-state index contributed by atoms with van der Waals surface area (Å²) < 4.78 is 26.4. The Bertz CT molecular complexity index is 1050. The number of unbranched alkanes of at least 4 members (excludes halogenated alkanes) is 24. The average molecular weight is 809 g/mol. The van der Waals surface area contributed by atoms with Gasteiger partial charge in [0.15, 0.2) is 6.10 Å². The summed E-state index contributed by atoms with van der Waals surface area (Å²) in [6.45, 7) is 3.65. The molecule has 0 aromatic carbocycles. The molecular weight excluding hydrogens is 723 g/mol. The fourth-order valence-electron chi connectivity index (χ4n) is 6.38. The summed E-state index contributed by atoms with van der Waals surface area (Å²) in [6.07, 6.45) is 52.7. The molecule has 0 aromatic rings. The number of allylic oxidation sites excluding steroid dienone is 8. The first kappa shape index (κ1) is 54.0. The Morgan fingerprint density at radius 3 is 1.27 bits per heavy atom. The van der Waals surface area contributed by atoms with E-state index in [1.54, 1.807) is 0 Å². The van der Waals surface area contributed by atoms with E-state index in [0.717, 1.165) is 44.9 Å². The number of phosphoric ester groups is 1. The number of rotatable bonds is 42. The minimum atomic E-state index is -4.77. The van der Waals surface area contributed by atoms with Gasteiger partial charge in [0, 0.05) is 12.8 Å². The summed E-state index contributed by atoms with van der Waals surface area (Å²) in [5, 5.41) is 0. The normalized spacial score (nSPS) is 12.9. The van der Waals surface area contributed by atoms with Crippen molar-refractivity contribution in [2.24, 2.45) is 0 Å². The second-order valence-corrected chi connectivity index (χ2v) is 16.6. The van der Waals surface area contributed by atoms with Crippen molar-refractivity contribution in [1.82, 2.24) is 0 Å². The molecule has 0 unspecified atom stereocenters. The Balaban J connectivity index is 3.93. The summed E-state index contributed by atoms with van der Waals surface area (Å²) >= 11 is 0. The molecule has 9 heteroatoms. The Morgan fingerprint density at radius 2 is 0.821 bits per heavy atom. The standard InChI is InChI=1S/C47H85O8P/c1-3-5-7-9-11-13-15-17-19-21-22-23-24-26-28-30-32-34-36-38-40-42-47(49)55-45(44-54-56(50,51)52)43-53-46(48)41-39-37-35-33-31-29-27-25-20-18-16-14-12-10-8-6-4-2/h17-20,27,29,33,35,45H,3-16,21-26,28,30-32,34,36-44H2,1-2H3,(H2,50,51,52)/b19-17-,20-18-,29-27-,35-33-/t45-/m1/s1. The van der Waals surface area contributed by atoms with E-state index in [9.17, 15) is 14.2 Å². The van der Waals surface area contributed by atoms with E-state index < -0.39 is 32.5 Å². The highest BCUT2D eigenvalue weighted by Gasteiger charge is 2.22. The minimum Gasteiger partial charge on any atom is -0.462 e. The Labute approximate surface area is 344 Å². The molecule has 0 aliphatic rings. The highest BCUT2D eigenvalue weighted by Crippen LogP contribution is 2.36. The number of carbonyl (C=O) groups is 2. The van der Waals surface area contributed by atoms with Gasteiger partial charge in [-0.25, -0.2) is 4.57 Å². The van der Waals surface area contributed by atoms with Crippen LogP contribution in [0.1, 0.15) is 219 Å². The van der Waals surface area contributed by atoms with Crippen molar-refractivity contribution in [2.45, 2.75) is 225 Å². The van der Waals surface area contributed by atoms with Crippen LogP contribution >= 0.6 is 7.82 Å². The molecular formula is C47H85O8P. The van der Waals surface area contributed by atoms with Crippen LogP contribution in [0.4, 0.5) is 0 Å². The highest BCUT2D eigenvalue weighted by atomic mass is 31.2. The first-order chi connectivity index (χ1) is 27.3. The molecule has 2 N–H and O–H groups in total. The molecule has 0 bridgehead atoms. The van der Waals surface area contributed by atoms with E-state index in [1.165, 1.54) is 135 Å². The maximum atomic E-state index is 12.4. The molecule has 0 heterocycles. The molecule has 0 amide bonds. The lowest BCUT2D eigenvalue weighted by Crippen LogP contribution is -2.29. The topological polar surface area (TPSA) is 119 Å². The zero-order valence-electron chi connectivity index (χ0n) is 36.0. The number of phosphoric acid groups is 1.